The Kier molecular flexibility index (Phi) is 8.78. The lowest BCUT2D eigenvalue weighted by molar-refractivity contribution is 0.0950. The molecule has 1 atom stereocenters. The molecule has 2 aromatic heterocycles. The number of carbonyl (C=O) groups is 1. The fraction of sp³-hybridized carbons (Fsp3) is 0.250. The quantitative estimate of drug-likeness (QED) is 0.204. The maximum atomic E-state index is 12.7. The zero-order chi connectivity index (χ0) is 27.8. The third-order valence-corrected chi connectivity index (χ3v) is 7.76. The molecule has 0 spiro atoms. The van der Waals surface area contributed by atoms with E-state index < -0.39 is 5.54 Å². The smallest absolute Gasteiger partial charge is 0.251 e. The van der Waals surface area contributed by atoms with Crippen molar-refractivity contribution in [2.75, 3.05) is 0 Å². The Morgan fingerprint density at radius 1 is 0.950 bits per heavy atom. The minimum Gasteiger partial charge on any atom is -0.423 e. The number of rotatable bonds is 12. The Morgan fingerprint density at radius 2 is 1.68 bits per heavy atom. The summed E-state index contributed by atoms with van der Waals surface area (Å²) in [6.07, 6.45) is 3.52. The van der Waals surface area contributed by atoms with Crippen LogP contribution in [-0.4, -0.2) is 21.1 Å². The number of hydrogen-bond acceptors (Lipinski definition) is 7. The summed E-state index contributed by atoms with van der Waals surface area (Å²) in [4.78, 5) is 17.1. The number of nitrogens with two attached hydrogens (primary N) is 1. The third kappa shape index (κ3) is 7.28. The summed E-state index contributed by atoms with van der Waals surface area (Å²) in [6, 6.07) is 28.0. The molecule has 8 heteroatoms. The number of amides is 1. The summed E-state index contributed by atoms with van der Waals surface area (Å²) in [5, 5.41) is 14.5. The molecule has 0 saturated carbocycles. The van der Waals surface area contributed by atoms with E-state index in [0.717, 1.165) is 34.7 Å². The molecule has 0 fully saturated rings. The van der Waals surface area contributed by atoms with Crippen LogP contribution in [0.3, 0.4) is 0 Å². The first-order chi connectivity index (χ1) is 19.5. The number of aromatic nitrogens is 3. The highest BCUT2D eigenvalue weighted by atomic mass is 32.1. The van der Waals surface area contributed by atoms with Crippen molar-refractivity contribution in [3.8, 4) is 0 Å². The van der Waals surface area contributed by atoms with Gasteiger partial charge in [-0.25, -0.2) is 4.98 Å². The molecule has 2 heterocycles. The lowest BCUT2D eigenvalue weighted by Gasteiger charge is -2.26. The maximum Gasteiger partial charge on any atom is 0.251 e. The zero-order valence-corrected chi connectivity index (χ0v) is 23.4. The molecular weight excluding hydrogens is 518 g/mol. The zero-order valence-electron chi connectivity index (χ0n) is 22.5. The topological polar surface area (TPSA) is 107 Å². The number of hydrogen-bond donors (Lipinski definition) is 2. The monoisotopic (exact) mass is 551 g/mol. The van der Waals surface area contributed by atoms with Gasteiger partial charge in [-0.3, -0.25) is 4.79 Å². The minimum absolute atomic E-state index is 0.150. The van der Waals surface area contributed by atoms with Crippen molar-refractivity contribution in [2.45, 2.75) is 51.1 Å². The van der Waals surface area contributed by atoms with Gasteiger partial charge in [0.25, 0.3) is 5.91 Å². The van der Waals surface area contributed by atoms with Crippen LogP contribution in [0.4, 0.5) is 0 Å². The second-order valence-corrected chi connectivity index (χ2v) is 11.0. The van der Waals surface area contributed by atoms with E-state index in [2.05, 4.69) is 56.9 Å². The van der Waals surface area contributed by atoms with Gasteiger partial charge in [0.1, 0.15) is 5.01 Å². The van der Waals surface area contributed by atoms with E-state index in [1.54, 1.807) is 6.07 Å². The number of nitrogens with one attached hydrogen (secondary N) is 1. The van der Waals surface area contributed by atoms with Crippen LogP contribution in [0.5, 0.6) is 0 Å². The molecular formula is C32H33N5O2S. The number of aryl methyl sites for hydroxylation is 2. The molecule has 7 nitrogen and oxygen atoms in total. The van der Waals surface area contributed by atoms with Gasteiger partial charge < -0.3 is 15.5 Å². The average molecular weight is 552 g/mol. The Morgan fingerprint density at radius 3 is 2.40 bits per heavy atom. The first-order valence-electron chi connectivity index (χ1n) is 13.4. The van der Waals surface area contributed by atoms with Crippen molar-refractivity contribution >= 4 is 17.2 Å². The Balaban J connectivity index is 1.27. The molecule has 1 unspecified atom stereocenters. The SMILES string of the molecule is Cc1csc(CNC(=O)c2cccc(Cc3nnc(C(N)(CCCc4ccccc4)Cc4ccccc4)o3)c2)n1. The highest BCUT2D eigenvalue weighted by molar-refractivity contribution is 7.09. The average Bonchev–Trinajstić information content (AvgIpc) is 3.62. The summed E-state index contributed by atoms with van der Waals surface area (Å²) in [5.41, 5.74) is 11.1. The second kappa shape index (κ2) is 12.8. The van der Waals surface area contributed by atoms with Gasteiger partial charge in [0.05, 0.1) is 18.5 Å². The standard InChI is InChI=1S/C32H33N5O2S/c1-23-22-40-29(35-23)21-34-30(38)27-16-8-14-26(18-27)19-28-36-37-31(39-28)32(33,20-25-12-6-3-7-13-25)17-9-15-24-10-4-2-5-11-24/h2-8,10-14,16,18,22H,9,15,17,19-21,33H2,1H3,(H,34,38). The summed E-state index contributed by atoms with van der Waals surface area (Å²) >= 11 is 1.54. The van der Waals surface area contributed by atoms with Crippen LogP contribution in [-0.2, 0) is 31.3 Å². The van der Waals surface area contributed by atoms with E-state index in [1.165, 1.54) is 16.9 Å². The predicted molar refractivity (Wildman–Crippen MR) is 157 cm³/mol. The van der Waals surface area contributed by atoms with Gasteiger partial charge in [-0.2, -0.15) is 0 Å². The van der Waals surface area contributed by atoms with Crippen molar-refractivity contribution in [3.63, 3.8) is 0 Å². The van der Waals surface area contributed by atoms with Crippen LogP contribution in [0.2, 0.25) is 0 Å². The Labute approximate surface area is 238 Å². The van der Waals surface area contributed by atoms with Crippen molar-refractivity contribution in [1.29, 1.82) is 0 Å². The normalized spacial score (nSPS) is 12.7. The molecule has 3 N–H and O–H groups in total. The van der Waals surface area contributed by atoms with E-state index in [0.29, 0.717) is 43.2 Å². The van der Waals surface area contributed by atoms with E-state index in [9.17, 15) is 4.79 Å². The van der Waals surface area contributed by atoms with Crippen molar-refractivity contribution in [3.05, 3.63) is 135 Å². The van der Waals surface area contributed by atoms with Crippen molar-refractivity contribution < 1.29 is 9.21 Å². The summed E-state index contributed by atoms with van der Waals surface area (Å²) in [7, 11) is 0. The molecule has 0 bridgehead atoms. The van der Waals surface area contributed by atoms with E-state index in [1.807, 2.05) is 54.8 Å². The van der Waals surface area contributed by atoms with Gasteiger partial charge in [0.2, 0.25) is 11.8 Å². The largest absolute Gasteiger partial charge is 0.423 e. The van der Waals surface area contributed by atoms with E-state index in [4.69, 9.17) is 10.2 Å². The summed E-state index contributed by atoms with van der Waals surface area (Å²) < 4.78 is 6.18. The maximum absolute atomic E-state index is 12.7. The van der Waals surface area contributed by atoms with Crippen molar-refractivity contribution in [2.24, 2.45) is 5.73 Å². The molecule has 1 amide bonds. The highest BCUT2D eigenvalue weighted by Gasteiger charge is 2.33. The van der Waals surface area contributed by atoms with Crippen LogP contribution < -0.4 is 11.1 Å². The Bertz CT molecular complexity index is 1530. The van der Waals surface area contributed by atoms with Crippen LogP contribution in [0.15, 0.2) is 94.7 Å². The summed E-state index contributed by atoms with van der Waals surface area (Å²) in [5.74, 6) is 0.756. The Hall–Kier alpha value is -4.14. The minimum atomic E-state index is -0.794. The fourth-order valence-corrected chi connectivity index (χ4v) is 5.46. The molecule has 5 aromatic rings. The van der Waals surface area contributed by atoms with Crippen LogP contribution in [0.1, 0.15) is 62.4 Å². The summed E-state index contributed by atoms with van der Waals surface area (Å²) in [6.45, 7) is 2.34. The fourth-order valence-electron chi connectivity index (χ4n) is 4.75. The van der Waals surface area contributed by atoms with Crippen LogP contribution in [0, 0.1) is 6.92 Å². The van der Waals surface area contributed by atoms with Gasteiger partial charge in [-0.1, -0.05) is 72.8 Å². The molecule has 0 aliphatic heterocycles. The van der Waals surface area contributed by atoms with Gasteiger partial charge >= 0.3 is 0 Å². The number of nitrogens with zero attached hydrogens (tertiary/aromatic N) is 3. The molecule has 3 aromatic carbocycles. The van der Waals surface area contributed by atoms with Gasteiger partial charge in [-0.05, 0) is 61.4 Å². The number of carbonyl (C=O) groups excluding carboxylic acids is 1. The molecule has 40 heavy (non-hydrogen) atoms. The first-order valence-corrected chi connectivity index (χ1v) is 14.3. The third-order valence-electron chi connectivity index (χ3n) is 6.80. The number of thiazole rings is 1. The first kappa shape index (κ1) is 27.4. The lowest BCUT2D eigenvalue weighted by Crippen LogP contribution is -2.39. The van der Waals surface area contributed by atoms with Gasteiger partial charge in [0, 0.05) is 16.6 Å². The molecule has 0 aliphatic rings. The predicted octanol–water partition coefficient (Wildman–Crippen LogP) is 5.77. The molecule has 0 radical (unpaired) electrons. The lowest BCUT2D eigenvalue weighted by atomic mass is 9.86. The molecule has 0 aliphatic carbocycles. The van der Waals surface area contributed by atoms with Gasteiger partial charge in [-0.15, -0.1) is 21.5 Å². The van der Waals surface area contributed by atoms with E-state index >= 15 is 0 Å². The molecule has 204 valence electrons. The van der Waals surface area contributed by atoms with Crippen molar-refractivity contribution in [1.82, 2.24) is 20.5 Å². The molecule has 5 rings (SSSR count). The van der Waals surface area contributed by atoms with Crippen LogP contribution >= 0.6 is 11.3 Å². The van der Waals surface area contributed by atoms with Gasteiger partial charge in [0.15, 0.2) is 0 Å². The highest BCUT2D eigenvalue weighted by Crippen LogP contribution is 2.29. The van der Waals surface area contributed by atoms with Crippen LogP contribution in [0.25, 0.3) is 0 Å². The number of benzene rings is 3. The second-order valence-electron chi connectivity index (χ2n) is 10.1. The molecule has 0 saturated heterocycles. The van der Waals surface area contributed by atoms with E-state index in [-0.39, 0.29) is 5.91 Å².